The first-order chi connectivity index (χ1) is 5.29. The largest absolute Gasteiger partial charge is 0.361 e. The maximum Gasteiger partial charge on any atom is 0.109 e. The van der Waals surface area contributed by atoms with Crippen LogP contribution in [0, 0.1) is 0 Å². The van der Waals surface area contributed by atoms with Crippen LogP contribution in [-0.2, 0) is 4.74 Å². The van der Waals surface area contributed by atoms with Gasteiger partial charge in [-0.15, -0.1) is 0 Å². The number of hydrogen-bond acceptors (Lipinski definition) is 2. The molecule has 0 aromatic carbocycles. The Morgan fingerprint density at radius 3 is 3.00 bits per heavy atom. The molecule has 0 aliphatic carbocycles. The van der Waals surface area contributed by atoms with Crippen LogP contribution in [0.2, 0.25) is 0 Å². The normalized spacial score (nSPS) is 25.5. The first-order valence-corrected chi connectivity index (χ1v) is 4.33. The van der Waals surface area contributed by atoms with Crippen LogP contribution in [-0.4, -0.2) is 18.9 Å². The highest BCUT2D eigenvalue weighted by molar-refractivity contribution is 4.88. The highest BCUT2D eigenvalue weighted by atomic mass is 16.5. The molecule has 1 aliphatic heterocycles. The van der Waals surface area contributed by atoms with Crippen molar-refractivity contribution in [3.8, 4) is 0 Å². The van der Waals surface area contributed by atoms with Crippen LogP contribution in [0.3, 0.4) is 0 Å². The highest BCUT2D eigenvalue weighted by Crippen LogP contribution is 2.05. The molecule has 0 saturated carbocycles. The fourth-order valence-electron chi connectivity index (χ4n) is 1.20. The molecule has 11 heavy (non-hydrogen) atoms. The van der Waals surface area contributed by atoms with E-state index in [9.17, 15) is 0 Å². The molecule has 1 rings (SSSR count). The van der Waals surface area contributed by atoms with Gasteiger partial charge in [-0.05, 0) is 26.7 Å². The number of allylic oxidation sites excluding steroid dienone is 1. The number of rotatable bonds is 2. The second-order valence-corrected chi connectivity index (χ2v) is 3.13. The Kier molecular flexibility index (Phi) is 3.60. The Balaban J connectivity index is 2.23. The zero-order valence-electron chi connectivity index (χ0n) is 7.34. The van der Waals surface area contributed by atoms with Crippen LogP contribution >= 0.6 is 0 Å². The minimum atomic E-state index is 0.255. The fraction of sp³-hybridized carbons (Fsp3) is 0.778. The van der Waals surface area contributed by atoms with Crippen molar-refractivity contribution in [1.29, 1.82) is 0 Å². The maximum absolute atomic E-state index is 5.62. The van der Waals surface area contributed by atoms with E-state index in [0.29, 0.717) is 6.10 Å². The van der Waals surface area contributed by atoms with Gasteiger partial charge in [0, 0.05) is 6.54 Å². The molecule has 64 valence electrons. The molecule has 1 atom stereocenters. The van der Waals surface area contributed by atoms with E-state index in [0.717, 1.165) is 19.4 Å². The Bertz CT molecular complexity index is 122. The third-order valence-corrected chi connectivity index (χ3v) is 1.66. The molecule has 1 N–H and O–H groups in total. The van der Waals surface area contributed by atoms with E-state index in [4.69, 9.17) is 4.74 Å². The molecule has 0 amide bonds. The monoisotopic (exact) mass is 155 g/mol. The molecule has 0 fully saturated rings. The first-order valence-electron chi connectivity index (χ1n) is 4.33. The van der Waals surface area contributed by atoms with Gasteiger partial charge in [0.25, 0.3) is 0 Å². The minimum absolute atomic E-state index is 0.255. The topological polar surface area (TPSA) is 21.3 Å². The molecule has 0 aromatic rings. The molecule has 0 bridgehead atoms. The summed E-state index contributed by atoms with van der Waals surface area (Å²) in [5.74, 6) is 0. The van der Waals surface area contributed by atoms with Gasteiger partial charge < -0.3 is 4.74 Å². The van der Waals surface area contributed by atoms with Crippen LogP contribution in [0.1, 0.15) is 26.7 Å². The van der Waals surface area contributed by atoms with E-state index in [1.165, 1.54) is 0 Å². The van der Waals surface area contributed by atoms with Gasteiger partial charge in [0.05, 0.1) is 6.10 Å². The van der Waals surface area contributed by atoms with Crippen molar-refractivity contribution in [2.75, 3.05) is 6.54 Å². The van der Waals surface area contributed by atoms with Crippen molar-refractivity contribution >= 4 is 0 Å². The lowest BCUT2D eigenvalue weighted by Crippen LogP contribution is -2.32. The second-order valence-electron chi connectivity index (χ2n) is 3.13. The van der Waals surface area contributed by atoms with Crippen LogP contribution < -0.4 is 5.32 Å². The van der Waals surface area contributed by atoms with Crippen molar-refractivity contribution < 1.29 is 4.74 Å². The summed E-state index contributed by atoms with van der Waals surface area (Å²) in [6.07, 6.45) is 7.16. The number of nitrogens with one attached hydrogen (secondary N) is 1. The fourth-order valence-corrected chi connectivity index (χ4v) is 1.20. The van der Waals surface area contributed by atoms with E-state index in [2.05, 4.69) is 31.3 Å². The lowest BCUT2D eigenvalue weighted by molar-refractivity contribution is -0.0129. The van der Waals surface area contributed by atoms with Crippen molar-refractivity contribution in [2.24, 2.45) is 0 Å². The van der Waals surface area contributed by atoms with E-state index in [-0.39, 0.29) is 6.23 Å². The summed E-state index contributed by atoms with van der Waals surface area (Å²) in [5.41, 5.74) is 0. The van der Waals surface area contributed by atoms with Gasteiger partial charge in [-0.2, -0.15) is 0 Å². The van der Waals surface area contributed by atoms with Crippen LogP contribution in [0.25, 0.3) is 0 Å². The smallest absolute Gasteiger partial charge is 0.109 e. The predicted molar refractivity (Wildman–Crippen MR) is 46.4 cm³/mol. The molecular weight excluding hydrogens is 138 g/mol. The summed E-state index contributed by atoms with van der Waals surface area (Å²) in [7, 11) is 0. The zero-order chi connectivity index (χ0) is 8.10. The van der Waals surface area contributed by atoms with E-state index >= 15 is 0 Å². The summed E-state index contributed by atoms with van der Waals surface area (Å²) in [6.45, 7) is 5.08. The van der Waals surface area contributed by atoms with Crippen molar-refractivity contribution in [1.82, 2.24) is 5.32 Å². The first kappa shape index (κ1) is 8.75. The number of hydrogen-bond donors (Lipinski definition) is 1. The maximum atomic E-state index is 5.62. The third-order valence-electron chi connectivity index (χ3n) is 1.66. The Morgan fingerprint density at radius 1 is 1.45 bits per heavy atom. The molecule has 0 saturated heterocycles. The molecule has 1 aliphatic rings. The van der Waals surface area contributed by atoms with E-state index in [1.54, 1.807) is 0 Å². The highest BCUT2D eigenvalue weighted by Gasteiger charge is 2.09. The second kappa shape index (κ2) is 4.52. The molecule has 2 nitrogen and oxygen atoms in total. The summed E-state index contributed by atoms with van der Waals surface area (Å²) in [6, 6.07) is 0. The van der Waals surface area contributed by atoms with Crippen molar-refractivity contribution in [3.63, 3.8) is 0 Å². The molecule has 0 aromatic heterocycles. The average molecular weight is 155 g/mol. The van der Waals surface area contributed by atoms with Gasteiger partial charge in [-0.1, -0.05) is 12.2 Å². The van der Waals surface area contributed by atoms with Gasteiger partial charge in [0.2, 0.25) is 0 Å². The van der Waals surface area contributed by atoms with Gasteiger partial charge in [-0.25, -0.2) is 0 Å². The summed E-state index contributed by atoms with van der Waals surface area (Å²) in [4.78, 5) is 0. The van der Waals surface area contributed by atoms with Gasteiger partial charge in [0.15, 0.2) is 0 Å². The third kappa shape index (κ3) is 3.54. The number of ether oxygens (including phenoxy) is 1. The van der Waals surface area contributed by atoms with Gasteiger partial charge in [0.1, 0.15) is 6.23 Å². The predicted octanol–water partition coefficient (Wildman–Crippen LogP) is 1.68. The molecule has 0 spiro atoms. The van der Waals surface area contributed by atoms with Gasteiger partial charge >= 0.3 is 0 Å². The minimum Gasteiger partial charge on any atom is -0.361 e. The van der Waals surface area contributed by atoms with E-state index in [1.807, 2.05) is 0 Å². The van der Waals surface area contributed by atoms with Crippen molar-refractivity contribution in [3.05, 3.63) is 12.2 Å². The van der Waals surface area contributed by atoms with E-state index < -0.39 is 0 Å². The summed E-state index contributed by atoms with van der Waals surface area (Å²) >= 11 is 0. The quantitative estimate of drug-likeness (QED) is 0.612. The zero-order valence-corrected chi connectivity index (χ0v) is 7.34. The van der Waals surface area contributed by atoms with Crippen LogP contribution in [0.15, 0.2) is 12.2 Å². The Morgan fingerprint density at radius 2 is 2.27 bits per heavy atom. The average Bonchev–Trinajstić information content (AvgIpc) is 2.14. The molecule has 2 heteroatoms. The van der Waals surface area contributed by atoms with Crippen LogP contribution in [0.4, 0.5) is 0 Å². The molecule has 1 unspecified atom stereocenters. The molecular formula is C9H17NO. The lowest BCUT2D eigenvalue weighted by atomic mass is 10.3. The standard InChI is InChI=1S/C9H17NO/c1-8(2)11-9-6-4-3-5-7-10-9/h3,5,8-10H,4,6-7H2,1-2H3. The molecule has 1 heterocycles. The lowest BCUT2D eigenvalue weighted by Gasteiger charge is -2.19. The summed E-state index contributed by atoms with van der Waals surface area (Å²) < 4.78 is 5.62. The summed E-state index contributed by atoms with van der Waals surface area (Å²) in [5, 5.41) is 3.30. The Hall–Kier alpha value is -0.340. The molecule has 0 radical (unpaired) electrons. The van der Waals surface area contributed by atoms with Gasteiger partial charge in [-0.3, -0.25) is 5.32 Å². The SMILES string of the molecule is CC(C)OC1CCC=CCN1. The van der Waals surface area contributed by atoms with Crippen molar-refractivity contribution in [2.45, 2.75) is 39.0 Å². The Labute approximate surface area is 68.6 Å². The van der Waals surface area contributed by atoms with Crippen LogP contribution in [0.5, 0.6) is 0 Å².